The van der Waals surface area contributed by atoms with Gasteiger partial charge in [0.2, 0.25) is 0 Å². The topological polar surface area (TPSA) is 47.7 Å². The van der Waals surface area contributed by atoms with Crippen molar-refractivity contribution in [1.82, 2.24) is 4.90 Å². The molecular weight excluding hydrogens is 264 g/mol. The highest BCUT2D eigenvalue weighted by Crippen LogP contribution is 2.36. The fraction of sp³-hybridized carbons (Fsp3) is 0.647. The van der Waals surface area contributed by atoms with Gasteiger partial charge in [-0.1, -0.05) is 19.4 Å². The molecule has 1 fully saturated rings. The van der Waals surface area contributed by atoms with E-state index in [0.717, 1.165) is 37.4 Å². The Morgan fingerprint density at radius 2 is 2.05 bits per heavy atom. The molecule has 118 valence electrons. The molecular formula is C17H28N2O2. The molecule has 0 saturated carbocycles. The van der Waals surface area contributed by atoms with Gasteiger partial charge in [-0.25, -0.2) is 0 Å². The fourth-order valence-corrected chi connectivity index (χ4v) is 3.29. The molecule has 0 aromatic heterocycles. The van der Waals surface area contributed by atoms with Gasteiger partial charge in [0, 0.05) is 17.7 Å². The van der Waals surface area contributed by atoms with E-state index in [4.69, 9.17) is 15.2 Å². The summed E-state index contributed by atoms with van der Waals surface area (Å²) in [6.45, 7) is 4.41. The van der Waals surface area contributed by atoms with Crippen LogP contribution in [0.1, 0.15) is 44.2 Å². The third-order valence-electron chi connectivity index (χ3n) is 4.30. The van der Waals surface area contributed by atoms with E-state index in [-0.39, 0.29) is 12.1 Å². The number of benzene rings is 1. The van der Waals surface area contributed by atoms with Crippen LogP contribution in [0.4, 0.5) is 0 Å². The zero-order valence-corrected chi connectivity index (χ0v) is 13.5. The summed E-state index contributed by atoms with van der Waals surface area (Å²) in [7, 11) is 3.39. The molecule has 21 heavy (non-hydrogen) atoms. The largest absolute Gasteiger partial charge is 0.497 e. The standard InChI is InChI=1S/C17H28N2O2/c1-4-10-19-11-6-5-7-15(18)17(19)14-9-8-13(20-2)12-16(14)21-3/h8-9,12,15,17H,4-7,10-11,18H2,1-3H3. The molecule has 0 spiro atoms. The van der Waals surface area contributed by atoms with Gasteiger partial charge in [-0.05, 0) is 38.4 Å². The molecule has 1 aromatic rings. The maximum absolute atomic E-state index is 6.50. The summed E-state index contributed by atoms with van der Waals surface area (Å²) >= 11 is 0. The van der Waals surface area contributed by atoms with E-state index < -0.39 is 0 Å². The third-order valence-corrected chi connectivity index (χ3v) is 4.30. The predicted molar refractivity (Wildman–Crippen MR) is 86.0 cm³/mol. The van der Waals surface area contributed by atoms with E-state index >= 15 is 0 Å². The Bertz CT molecular complexity index is 450. The van der Waals surface area contributed by atoms with Crippen LogP contribution in [-0.2, 0) is 0 Å². The molecule has 1 aliphatic heterocycles. The zero-order chi connectivity index (χ0) is 15.2. The Morgan fingerprint density at radius 1 is 1.24 bits per heavy atom. The Kier molecular flexibility index (Phi) is 5.88. The predicted octanol–water partition coefficient (Wildman–Crippen LogP) is 2.97. The maximum atomic E-state index is 6.50. The van der Waals surface area contributed by atoms with Gasteiger partial charge in [0.05, 0.1) is 20.3 Å². The van der Waals surface area contributed by atoms with Crippen molar-refractivity contribution in [3.05, 3.63) is 23.8 Å². The molecule has 1 aromatic carbocycles. The number of hydrogen-bond acceptors (Lipinski definition) is 4. The van der Waals surface area contributed by atoms with Crippen LogP contribution in [0.15, 0.2) is 18.2 Å². The Morgan fingerprint density at radius 3 is 2.71 bits per heavy atom. The van der Waals surface area contributed by atoms with Crippen LogP contribution in [0, 0.1) is 0 Å². The molecule has 1 aliphatic rings. The summed E-state index contributed by atoms with van der Waals surface area (Å²) < 4.78 is 10.9. The summed E-state index contributed by atoms with van der Waals surface area (Å²) in [4.78, 5) is 2.52. The van der Waals surface area contributed by atoms with Crippen molar-refractivity contribution in [2.45, 2.75) is 44.7 Å². The highest BCUT2D eigenvalue weighted by molar-refractivity contribution is 5.43. The molecule has 4 heteroatoms. The van der Waals surface area contributed by atoms with E-state index in [1.807, 2.05) is 12.1 Å². The fourth-order valence-electron chi connectivity index (χ4n) is 3.29. The van der Waals surface area contributed by atoms with Crippen LogP contribution in [0.25, 0.3) is 0 Å². The van der Waals surface area contributed by atoms with Gasteiger partial charge in [-0.2, -0.15) is 0 Å². The molecule has 2 atom stereocenters. The monoisotopic (exact) mass is 292 g/mol. The third kappa shape index (κ3) is 3.69. The first-order chi connectivity index (χ1) is 10.2. The molecule has 1 heterocycles. The SMILES string of the molecule is CCCN1CCCCC(N)C1c1ccc(OC)cc1OC. The van der Waals surface area contributed by atoms with Gasteiger partial charge in [0.15, 0.2) is 0 Å². The van der Waals surface area contributed by atoms with E-state index in [1.54, 1.807) is 14.2 Å². The van der Waals surface area contributed by atoms with Crippen LogP contribution in [0.2, 0.25) is 0 Å². The lowest BCUT2D eigenvalue weighted by Crippen LogP contribution is -2.40. The number of hydrogen-bond donors (Lipinski definition) is 1. The first-order valence-electron chi connectivity index (χ1n) is 7.92. The van der Waals surface area contributed by atoms with Crippen LogP contribution in [0.3, 0.4) is 0 Å². The van der Waals surface area contributed by atoms with Crippen molar-refractivity contribution in [3.63, 3.8) is 0 Å². The number of likely N-dealkylation sites (tertiary alicyclic amines) is 1. The number of nitrogens with zero attached hydrogens (tertiary/aromatic N) is 1. The summed E-state index contributed by atoms with van der Waals surface area (Å²) in [5, 5.41) is 0. The van der Waals surface area contributed by atoms with Crippen molar-refractivity contribution in [2.24, 2.45) is 5.73 Å². The highest BCUT2D eigenvalue weighted by atomic mass is 16.5. The van der Waals surface area contributed by atoms with E-state index in [9.17, 15) is 0 Å². The molecule has 4 nitrogen and oxygen atoms in total. The van der Waals surface area contributed by atoms with Crippen molar-refractivity contribution in [3.8, 4) is 11.5 Å². The number of ether oxygens (including phenoxy) is 2. The van der Waals surface area contributed by atoms with Crippen molar-refractivity contribution >= 4 is 0 Å². The molecule has 0 aliphatic carbocycles. The number of nitrogens with two attached hydrogens (primary N) is 1. The first kappa shape index (κ1) is 16.1. The van der Waals surface area contributed by atoms with E-state index in [0.29, 0.717) is 0 Å². The maximum Gasteiger partial charge on any atom is 0.127 e. The second kappa shape index (κ2) is 7.66. The van der Waals surface area contributed by atoms with Crippen molar-refractivity contribution < 1.29 is 9.47 Å². The van der Waals surface area contributed by atoms with E-state index in [2.05, 4.69) is 17.9 Å². The lowest BCUT2D eigenvalue weighted by Gasteiger charge is -2.34. The quantitative estimate of drug-likeness (QED) is 0.906. The van der Waals surface area contributed by atoms with Crippen molar-refractivity contribution in [2.75, 3.05) is 27.3 Å². The lowest BCUT2D eigenvalue weighted by molar-refractivity contribution is 0.182. The lowest BCUT2D eigenvalue weighted by atomic mass is 9.95. The second-order valence-electron chi connectivity index (χ2n) is 5.75. The van der Waals surface area contributed by atoms with Gasteiger partial charge >= 0.3 is 0 Å². The smallest absolute Gasteiger partial charge is 0.127 e. The molecule has 0 bridgehead atoms. The molecule has 2 unspecified atom stereocenters. The van der Waals surface area contributed by atoms with Gasteiger partial charge < -0.3 is 15.2 Å². The molecule has 1 saturated heterocycles. The van der Waals surface area contributed by atoms with Crippen LogP contribution < -0.4 is 15.2 Å². The highest BCUT2D eigenvalue weighted by Gasteiger charge is 2.30. The normalized spacial score (nSPS) is 23.6. The zero-order valence-electron chi connectivity index (χ0n) is 13.5. The van der Waals surface area contributed by atoms with Crippen molar-refractivity contribution in [1.29, 1.82) is 0 Å². The molecule has 0 amide bonds. The number of methoxy groups -OCH3 is 2. The minimum atomic E-state index is 0.154. The van der Waals surface area contributed by atoms with Crippen LogP contribution in [0.5, 0.6) is 11.5 Å². The Labute approximate surface area is 128 Å². The van der Waals surface area contributed by atoms with Gasteiger partial charge in [-0.15, -0.1) is 0 Å². The Balaban J connectivity index is 2.38. The van der Waals surface area contributed by atoms with Crippen LogP contribution in [-0.4, -0.2) is 38.3 Å². The molecule has 2 rings (SSSR count). The van der Waals surface area contributed by atoms with E-state index in [1.165, 1.54) is 18.4 Å². The second-order valence-corrected chi connectivity index (χ2v) is 5.75. The van der Waals surface area contributed by atoms with Gasteiger partial charge in [-0.3, -0.25) is 4.90 Å². The average Bonchev–Trinajstić information content (AvgIpc) is 2.68. The van der Waals surface area contributed by atoms with Gasteiger partial charge in [0.25, 0.3) is 0 Å². The molecule has 0 radical (unpaired) electrons. The average molecular weight is 292 g/mol. The molecule has 2 N–H and O–H groups in total. The summed E-state index contributed by atoms with van der Waals surface area (Å²) in [5.41, 5.74) is 7.68. The summed E-state index contributed by atoms with van der Waals surface area (Å²) in [5.74, 6) is 1.69. The minimum Gasteiger partial charge on any atom is -0.497 e. The summed E-state index contributed by atoms with van der Waals surface area (Å²) in [6.07, 6.45) is 4.64. The van der Waals surface area contributed by atoms with Crippen LogP contribution >= 0.6 is 0 Å². The van der Waals surface area contributed by atoms with Gasteiger partial charge in [0.1, 0.15) is 11.5 Å². The number of rotatable bonds is 5. The summed E-state index contributed by atoms with van der Waals surface area (Å²) in [6, 6.07) is 6.45. The first-order valence-corrected chi connectivity index (χ1v) is 7.92. The minimum absolute atomic E-state index is 0.154. The Hall–Kier alpha value is -1.26.